The van der Waals surface area contributed by atoms with E-state index in [4.69, 9.17) is 0 Å². The molecule has 1 aromatic heterocycles. The number of aryl methyl sites for hydroxylation is 1. The minimum absolute atomic E-state index is 0.182. The van der Waals surface area contributed by atoms with E-state index in [0.717, 1.165) is 23.2 Å². The van der Waals surface area contributed by atoms with Gasteiger partial charge in [-0.25, -0.2) is 4.39 Å². The van der Waals surface area contributed by atoms with Crippen LogP contribution in [0.1, 0.15) is 39.8 Å². The van der Waals surface area contributed by atoms with E-state index in [-0.39, 0.29) is 5.69 Å². The Bertz CT molecular complexity index is 745. The molecule has 4 nitrogen and oxygen atoms in total. The number of nitrogens with one attached hydrogen (secondary N) is 1. The maximum atomic E-state index is 13.4. The summed E-state index contributed by atoms with van der Waals surface area (Å²) in [5, 5.41) is 2.91. The third-order valence-electron chi connectivity index (χ3n) is 3.49. The van der Waals surface area contributed by atoms with Gasteiger partial charge in [-0.1, -0.05) is 0 Å². The minimum Gasteiger partial charge on any atom is -0.358 e. The summed E-state index contributed by atoms with van der Waals surface area (Å²) >= 11 is 0. The summed E-state index contributed by atoms with van der Waals surface area (Å²) < 4.78 is 13.4. The summed E-state index contributed by atoms with van der Waals surface area (Å²) in [4.78, 5) is 24.9. The zero-order chi connectivity index (χ0) is 15.6. The molecule has 0 unspecified atom stereocenters. The number of aromatic nitrogens is 1. The summed E-state index contributed by atoms with van der Waals surface area (Å²) in [6.45, 7) is 5.40. The van der Waals surface area contributed by atoms with Crippen molar-refractivity contribution in [1.29, 1.82) is 0 Å². The van der Waals surface area contributed by atoms with Crippen molar-refractivity contribution in [2.75, 3.05) is 0 Å². The first-order valence-corrected chi connectivity index (χ1v) is 6.43. The first kappa shape index (κ1) is 14.8. The fourth-order valence-corrected chi connectivity index (χ4v) is 2.31. The molecule has 5 heteroatoms. The molecule has 1 N–H and O–H groups in total. The van der Waals surface area contributed by atoms with Crippen molar-refractivity contribution in [3.8, 4) is 0 Å². The molecule has 1 aromatic carbocycles. The van der Waals surface area contributed by atoms with Crippen molar-refractivity contribution in [3.05, 3.63) is 57.0 Å². The van der Waals surface area contributed by atoms with Crippen molar-refractivity contribution in [2.24, 2.45) is 5.18 Å². The second-order valence-corrected chi connectivity index (χ2v) is 4.90. The fourth-order valence-electron chi connectivity index (χ4n) is 2.31. The zero-order valence-corrected chi connectivity index (χ0v) is 12.0. The van der Waals surface area contributed by atoms with Gasteiger partial charge in [-0.15, -0.1) is 4.91 Å². The number of rotatable bonds is 4. The summed E-state index contributed by atoms with van der Waals surface area (Å²) in [6, 6.07) is 3.81. The number of benzene rings is 1. The van der Waals surface area contributed by atoms with E-state index >= 15 is 0 Å². The van der Waals surface area contributed by atoms with Gasteiger partial charge in [-0.05, 0) is 61.4 Å². The highest BCUT2D eigenvalue weighted by Gasteiger charge is 2.11. The van der Waals surface area contributed by atoms with Gasteiger partial charge in [-0.2, -0.15) is 0 Å². The van der Waals surface area contributed by atoms with Crippen molar-refractivity contribution >= 4 is 23.6 Å². The monoisotopic (exact) mass is 286 g/mol. The van der Waals surface area contributed by atoms with Gasteiger partial charge >= 0.3 is 0 Å². The average Bonchev–Trinajstić information content (AvgIpc) is 2.72. The Morgan fingerprint density at radius 2 is 2.05 bits per heavy atom. The largest absolute Gasteiger partial charge is 0.358 e. The van der Waals surface area contributed by atoms with E-state index in [1.165, 1.54) is 18.2 Å². The Labute approximate surface area is 121 Å². The summed E-state index contributed by atoms with van der Waals surface area (Å²) in [6.07, 6.45) is 2.58. The first-order valence-electron chi connectivity index (χ1n) is 6.43. The van der Waals surface area contributed by atoms with Crippen LogP contribution in [0.15, 0.2) is 23.4 Å². The van der Waals surface area contributed by atoms with Crippen LogP contribution in [-0.4, -0.2) is 11.3 Å². The van der Waals surface area contributed by atoms with Crippen LogP contribution in [0.25, 0.3) is 11.6 Å². The van der Waals surface area contributed by atoms with Crippen molar-refractivity contribution in [2.45, 2.75) is 20.8 Å². The van der Waals surface area contributed by atoms with Crippen LogP contribution in [0, 0.1) is 24.6 Å². The van der Waals surface area contributed by atoms with Gasteiger partial charge in [0.05, 0.1) is 0 Å². The molecule has 0 fully saturated rings. The lowest BCUT2D eigenvalue weighted by Gasteiger charge is -2.05. The minimum atomic E-state index is -0.432. The van der Waals surface area contributed by atoms with Gasteiger partial charge in [0.2, 0.25) is 0 Å². The Balaban J connectivity index is 2.54. The number of aldehydes is 1. The Kier molecular flexibility index (Phi) is 4.12. The number of aromatic amines is 1. The molecule has 0 aliphatic carbocycles. The zero-order valence-electron chi connectivity index (χ0n) is 12.0. The highest BCUT2D eigenvalue weighted by molar-refractivity contribution is 5.88. The van der Waals surface area contributed by atoms with Crippen LogP contribution in [0.2, 0.25) is 0 Å². The predicted molar refractivity (Wildman–Crippen MR) is 81.1 cm³/mol. The molecule has 0 saturated heterocycles. The van der Waals surface area contributed by atoms with Crippen molar-refractivity contribution in [1.82, 2.24) is 4.98 Å². The van der Waals surface area contributed by atoms with Gasteiger partial charge in [0.25, 0.3) is 0 Å². The van der Waals surface area contributed by atoms with E-state index in [0.29, 0.717) is 16.7 Å². The fraction of sp³-hybridized carbons (Fsp3) is 0.188. The third kappa shape index (κ3) is 2.81. The number of allylic oxidation sites excluding steroid dienone is 1. The van der Waals surface area contributed by atoms with Crippen molar-refractivity contribution < 1.29 is 9.18 Å². The number of carbonyl (C=O) groups is 1. The second-order valence-electron chi connectivity index (χ2n) is 4.90. The molecule has 0 amide bonds. The first-order chi connectivity index (χ1) is 9.97. The molecule has 0 atom stereocenters. The average molecular weight is 286 g/mol. The second kappa shape index (κ2) is 5.83. The third-order valence-corrected chi connectivity index (χ3v) is 3.49. The maximum absolute atomic E-state index is 13.4. The van der Waals surface area contributed by atoms with Crippen molar-refractivity contribution in [3.63, 3.8) is 0 Å². The molecular weight excluding hydrogens is 271 g/mol. The summed E-state index contributed by atoms with van der Waals surface area (Å²) in [5.74, 6) is -0.432. The molecule has 2 rings (SSSR count). The highest BCUT2D eigenvalue weighted by Crippen LogP contribution is 2.29. The molecule has 0 aliphatic rings. The molecule has 21 heavy (non-hydrogen) atoms. The summed E-state index contributed by atoms with van der Waals surface area (Å²) in [5.41, 5.74) is 4.26. The number of nitroso groups, excluding NO2 is 1. The van der Waals surface area contributed by atoms with Crippen LogP contribution in [0.5, 0.6) is 0 Å². The van der Waals surface area contributed by atoms with Crippen LogP contribution in [-0.2, 0) is 0 Å². The lowest BCUT2D eigenvalue weighted by molar-refractivity contribution is 0.112. The van der Waals surface area contributed by atoms with Gasteiger partial charge < -0.3 is 4.98 Å². The van der Waals surface area contributed by atoms with E-state index in [1.807, 2.05) is 13.8 Å². The molecular formula is C16H15FN2O2. The molecule has 0 radical (unpaired) electrons. The van der Waals surface area contributed by atoms with Gasteiger partial charge in [0, 0.05) is 22.5 Å². The lowest BCUT2D eigenvalue weighted by atomic mass is 10.0. The molecule has 0 bridgehead atoms. The topological polar surface area (TPSA) is 62.3 Å². The van der Waals surface area contributed by atoms with Crippen LogP contribution < -0.4 is 0 Å². The van der Waals surface area contributed by atoms with Gasteiger partial charge in [-0.3, -0.25) is 4.79 Å². The van der Waals surface area contributed by atoms with E-state index in [2.05, 4.69) is 10.2 Å². The van der Waals surface area contributed by atoms with Gasteiger partial charge in [0.1, 0.15) is 11.5 Å². The number of hydrogen-bond acceptors (Lipinski definition) is 3. The quantitative estimate of drug-likeness (QED) is 0.662. The Morgan fingerprint density at radius 1 is 1.33 bits per heavy atom. The molecule has 108 valence electrons. The highest BCUT2D eigenvalue weighted by atomic mass is 19.1. The summed E-state index contributed by atoms with van der Waals surface area (Å²) in [7, 11) is 0. The molecule has 1 heterocycles. The number of H-pyrrole nitrogens is 1. The van der Waals surface area contributed by atoms with Gasteiger partial charge in [0.15, 0.2) is 6.29 Å². The normalized spacial score (nSPS) is 11.5. The molecule has 0 saturated carbocycles. The van der Waals surface area contributed by atoms with E-state index < -0.39 is 5.82 Å². The number of carbonyl (C=O) groups excluding carboxylic acids is 1. The van der Waals surface area contributed by atoms with E-state index in [9.17, 15) is 14.1 Å². The molecule has 2 aromatic rings. The standard InChI is InChI=1S/C16H15FN2O2/c1-9(13-7-12(17)4-5-15(13)19-21)6-16-10(2)14(8-20)11(3)18-16/h4-8,18H,1-3H3/b9-6+. The number of nitrogens with zero attached hydrogens (tertiary/aromatic N) is 1. The Hall–Kier alpha value is -2.56. The maximum Gasteiger partial charge on any atom is 0.152 e. The smallest absolute Gasteiger partial charge is 0.152 e. The predicted octanol–water partition coefficient (Wildman–Crippen LogP) is 4.54. The molecule has 0 spiro atoms. The van der Waals surface area contributed by atoms with E-state index in [1.54, 1.807) is 13.0 Å². The Morgan fingerprint density at radius 3 is 2.62 bits per heavy atom. The number of halogens is 1. The SMILES string of the molecule is C/C(=C\c1[nH]c(C)c(C=O)c1C)c1cc(F)ccc1N=O. The number of hydrogen-bond donors (Lipinski definition) is 1. The van der Waals surface area contributed by atoms with Crippen LogP contribution in [0.4, 0.5) is 10.1 Å². The molecule has 0 aliphatic heterocycles. The van der Waals surface area contributed by atoms with Crippen LogP contribution >= 0.6 is 0 Å². The lowest BCUT2D eigenvalue weighted by Crippen LogP contribution is -1.86. The van der Waals surface area contributed by atoms with Crippen LogP contribution in [0.3, 0.4) is 0 Å².